The first-order valence-corrected chi connectivity index (χ1v) is 10.3. The fourth-order valence-corrected chi connectivity index (χ4v) is 4.56. The Morgan fingerprint density at radius 1 is 1.03 bits per heavy atom. The third-order valence-electron chi connectivity index (χ3n) is 4.99. The normalized spacial score (nSPS) is 22.1. The zero-order valence-electron chi connectivity index (χ0n) is 16.2. The zero-order valence-corrected chi connectivity index (χ0v) is 17.1. The highest BCUT2D eigenvalue weighted by Gasteiger charge is 2.38. The summed E-state index contributed by atoms with van der Waals surface area (Å²) in [4.78, 5) is 13.0. The van der Waals surface area contributed by atoms with E-state index < -0.39 is 22.8 Å². The number of ether oxygens (including phenoxy) is 2. The second kappa shape index (κ2) is 8.90. The van der Waals surface area contributed by atoms with Crippen LogP contribution in [0.25, 0.3) is 0 Å². The molecular formula is C22H23F3O3S. The number of hydrogen-bond donors (Lipinski definition) is 0. The van der Waals surface area contributed by atoms with Crippen molar-refractivity contribution in [3.05, 3.63) is 71.3 Å². The van der Waals surface area contributed by atoms with Crippen LogP contribution >= 0.6 is 11.8 Å². The number of thioether (sulfide) groups is 1. The minimum absolute atomic E-state index is 0.0432. The van der Waals surface area contributed by atoms with E-state index in [1.165, 1.54) is 23.9 Å². The van der Waals surface area contributed by atoms with E-state index in [1.54, 1.807) is 0 Å². The largest absolute Gasteiger partial charge is 0.416 e. The number of hydrogen-bond acceptors (Lipinski definition) is 4. The van der Waals surface area contributed by atoms with Gasteiger partial charge in [-0.25, -0.2) is 0 Å². The van der Waals surface area contributed by atoms with E-state index in [4.69, 9.17) is 9.47 Å². The summed E-state index contributed by atoms with van der Waals surface area (Å²) in [5.74, 6) is -0.191. The van der Waals surface area contributed by atoms with Gasteiger partial charge >= 0.3 is 6.18 Å². The molecule has 1 aliphatic rings. The molecule has 2 aromatic rings. The van der Waals surface area contributed by atoms with E-state index in [2.05, 4.69) is 0 Å². The average Bonchev–Trinajstić information content (AvgIpc) is 2.74. The van der Waals surface area contributed by atoms with Gasteiger partial charge in [0.25, 0.3) is 0 Å². The molecule has 1 atom stereocenters. The minimum Gasteiger partial charge on any atom is -0.347 e. The number of rotatable bonds is 6. The van der Waals surface area contributed by atoms with Crippen LogP contribution < -0.4 is 0 Å². The maximum Gasteiger partial charge on any atom is 0.416 e. The molecule has 0 amide bonds. The Bertz CT molecular complexity index is 815. The van der Waals surface area contributed by atoms with Crippen LogP contribution in [0.15, 0.2) is 54.6 Å². The Labute approximate surface area is 172 Å². The fraction of sp³-hybridized carbons (Fsp3) is 0.409. The van der Waals surface area contributed by atoms with Crippen molar-refractivity contribution in [1.82, 2.24) is 0 Å². The summed E-state index contributed by atoms with van der Waals surface area (Å²) in [5, 5.41) is -0.0432. The van der Waals surface area contributed by atoms with Gasteiger partial charge < -0.3 is 9.47 Å². The average molecular weight is 424 g/mol. The lowest BCUT2D eigenvalue weighted by Gasteiger charge is -2.35. The van der Waals surface area contributed by atoms with Gasteiger partial charge in [-0.15, -0.1) is 11.8 Å². The smallest absolute Gasteiger partial charge is 0.347 e. The molecule has 156 valence electrons. The van der Waals surface area contributed by atoms with Crippen LogP contribution in [0.3, 0.4) is 0 Å². The van der Waals surface area contributed by atoms with E-state index in [1.807, 2.05) is 44.2 Å². The van der Waals surface area contributed by atoms with Crippen LogP contribution in [0.2, 0.25) is 0 Å². The molecule has 0 bridgehead atoms. The summed E-state index contributed by atoms with van der Waals surface area (Å²) in [6.07, 6.45) is -4.31. The molecule has 1 unspecified atom stereocenters. The molecule has 0 radical (unpaired) electrons. The standard InChI is InChI=1S/C22H23F3O3S/c1-3-21(2,19(26)15-9-11-17(12-10-15)22(23,24)25)29-18-13-27-20(28-14-18)16-7-5-4-6-8-16/h4-12,18,20H,3,13-14H2,1-2H3/t18-,20-,21?. The zero-order chi connectivity index (χ0) is 21.1. The van der Waals surface area contributed by atoms with E-state index in [-0.39, 0.29) is 16.6 Å². The van der Waals surface area contributed by atoms with E-state index in [0.717, 1.165) is 17.7 Å². The van der Waals surface area contributed by atoms with Crippen molar-refractivity contribution in [3.8, 4) is 0 Å². The summed E-state index contributed by atoms with van der Waals surface area (Å²) < 4.78 is 49.2. The molecule has 7 heteroatoms. The van der Waals surface area contributed by atoms with Crippen molar-refractivity contribution in [2.75, 3.05) is 13.2 Å². The summed E-state index contributed by atoms with van der Waals surface area (Å²) in [7, 11) is 0. The van der Waals surface area contributed by atoms with Gasteiger partial charge in [0.1, 0.15) is 0 Å². The Morgan fingerprint density at radius 3 is 2.14 bits per heavy atom. The monoisotopic (exact) mass is 424 g/mol. The Hall–Kier alpha value is -1.83. The van der Waals surface area contributed by atoms with Gasteiger partial charge in [0.05, 0.1) is 28.8 Å². The Kier molecular flexibility index (Phi) is 6.71. The first-order valence-electron chi connectivity index (χ1n) is 9.41. The lowest BCUT2D eigenvalue weighted by Crippen LogP contribution is -2.38. The molecule has 0 saturated carbocycles. The number of benzene rings is 2. The van der Waals surface area contributed by atoms with Crippen molar-refractivity contribution in [2.45, 2.75) is 42.7 Å². The van der Waals surface area contributed by atoms with E-state index in [9.17, 15) is 18.0 Å². The highest BCUT2D eigenvalue weighted by atomic mass is 32.2. The molecule has 1 fully saturated rings. The highest BCUT2D eigenvalue weighted by molar-refractivity contribution is 8.02. The molecule has 0 spiro atoms. The predicted octanol–water partition coefficient (Wildman–Crippen LogP) is 5.90. The van der Waals surface area contributed by atoms with Crippen molar-refractivity contribution >= 4 is 17.5 Å². The number of carbonyl (C=O) groups excluding carboxylic acids is 1. The molecule has 0 aromatic heterocycles. The topological polar surface area (TPSA) is 35.5 Å². The molecule has 1 aliphatic heterocycles. The maximum absolute atomic E-state index is 13.0. The second-order valence-electron chi connectivity index (χ2n) is 7.14. The first kappa shape index (κ1) is 21.9. The van der Waals surface area contributed by atoms with Gasteiger partial charge in [-0.3, -0.25) is 4.79 Å². The maximum atomic E-state index is 13.0. The van der Waals surface area contributed by atoms with E-state index in [0.29, 0.717) is 19.6 Å². The van der Waals surface area contributed by atoms with Crippen LogP contribution in [-0.4, -0.2) is 29.0 Å². The Morgan fingerprint density at radius 2 is 1.62 bits per heavy atom. The number of alkyl halides is 3. The molecule has 3 nitrogen and oxygen atoms in total. The van der Waals surface area contributed by atoms with Crippen LogP contribution in [0, 0.1) is 0 Å². The Balaban J connectivity index is 1.64. The van der Waals surface area contributed by atoms with Crippen LogP contribution in [-0.2, 0) is 15.7 Å². The third-order valence-corrected chi connectivity index (χ3v) is 6.59. The summed E-state index contributed by atoms with van der Waals surface area (Å²) in [6.45, 7) is 4.58. The van der Waals surface area contributed by atoms with Gasteiger partial charge in [-0.2, -0.15) is 13.2 Å². The number of carbonyl (C=O) groups is 1. The molecule has 2 aromatic carbocycles. The molecule has 0 aliphatic carbocycles. The molecule has 29 heavy (non-hydrogen) atoms. The predicted molar refractivity (Wildman–Crippen MR) is 107 cm³/mol. The first-order chi connectivity index (χ1) is 13.7. The van der Waals surface area contributed by atoms with Crippen molar-refractivity contribution in [2.24, 2.45) is 0 Å². The lowest BCUT2D eigenvalue weighted by molar-refractivity contribution is -0.179. The van der Waals surface area contributed by atoms with Gasteiger partial charge in [-0.05, 0) is 25.5 Å². The second-order valence-corrected chi connectivity index (χ2v) is 8.94. The molecule has 3 rings (SSSR count). The fourth-order valence-electron chi connectivity index (χ4n) is 3.14. The van der Waals surface area contributed by atoms with Gasteiger partial charge in [0.15, 0.2) is 12.1 Å². The van der Waals surface area contributed by atoms with Gasteiger partial charge in [0, 0.05) is 11.1 Å². The summed E-state index contributed by atoms with van der Waals surface area (Å²) in [6, 6.07) is 14.0. The third kappa shape index (κ3) is 5.21. The number of halogens is 3. The quantitative estimate of drug-likeness (QED) is 0.541. The molecular weight excluding hydrogens is 401 g/mol. The summed E-state index contributed by atoms with van der Waals surface area (Å²) in [5.41, 5.74) is 0.450. The molecule has 1 saturated heterocycles. The van der Waals surface area contributed by atoms with Crippen molar-refractivity contribution in [1.29, 1.82) is 0 Å². The van der Waals surface area contributed by atoms with E-state index >= 15 is 0 Å². The van der Waals surface area contributed by atoms with Crippen molar-refractivity contribution in [3.63, 3.8) is 0 Å². The minimum atomic E-state index is -4.42. The van der Waals surface area contributed by atoms with Crippen LogP contribution in [0.5, 0.6) is 0 Å². The molecule has 1 heterocycles. The SMILES string of the molecule is CCC(C)(S[C@H]1CO[C@H](c2ccccc2)OC1)C(=O)c1ccc(C(F)(F)F)cc1. The number of Topliss-reactive ketones (excluding diaryl/α,β-unsaturated/α-hetero) is 1. The van der Waals surface area contributed by atoms with Gasteiger partial charge in [-0.1, -0.05) is 49.4 Å². The highest BCUT2D eigenvalue weighted by Crippen LogP contribution is 2.39. The molecule has 0 N–H and O–H groups in total. The van der Waals surface area contributed by atoms with Crippen LogP contribution in [0.4, 0.5) is 13.2 Å². The summed E-state index contributed by atoms with van der Waals surface area (Å²) >= 11 is 1.46. The number of ketones is 1. The van der Waals surface area contributed by atoms with Crippen LogP contribution in [0.1, 0.15) is 48.0 Å². The van der Waals surface area contributed by atoms with Crippen molar-refractivity contribution < 1.29 is 27.4 Å². The lowest BCUT2D eigenvalue weighted by atomic mass is 9.95. The van der Waals surface area contributed by atoms with Gasteiger partial charge in [0.2, 0.25) is 0 Å².